The van der Waals surface area contributed by atoms with Gasteiger partial charge in [-0.1, -0.05) is 12.1 Å². The molecule has 1 N–H and O–H groups in total. The monoisotopic (exact) mass is 502 g/mol. The van der Waals surface area contributed by atoms with Crippen LogP contribution in [0.15, 0.2) is 47.2 Å². The molecule has 1 amide bonds. The minimum Gasteiger partial charge on any atom is -0.444 e. The summed E-state index contributed by atoms with van der Waals surface area (Å²) in [6.07, 6.45) is 1.33. The number of aromatic nitrogens is 1. The molecule has 1 aliphatic heterocycles. The second-order valence-electron chi connectivity index (χ2n) is 9.10. The van der Waals surface area contributed by atoms with Gasteiger partial charge in [-0.25, -0.2) is 9.78 Å². The highest BCUT2D eigenvalue weighted by atomic mass is 79.9. The first-order chi connectivity index (χ1) is 15.1. The molecule has 2 aromatic rings. The fourth-order valence-electron chi connectivity index (χ4n) is 3.58. The van der Waals surface area contributed by atoms with E-state index in [2.05, 4.69) is 50.2 Å². The third-order valence-corrected chi connectivity index (χ3v) is 5.67. The normalized spacial score (nSPS) is 17.2. The molecule has 172 valence electrons. The average molecular weight is 503 g/mol. The molecule has 1 saturated heterocycles. The second-order valence-corrected chi connectivity index (χ2v) is 9.91. The molecule has 2 heterocycles. The number of rotatable bonds is 6. The number of Topliss-reactive ketones (excluding diaryl/α,β-unsaturated/α-hetero) is 1. The van der Waals surface area contributed by atoms with Crippen LogP contribution < -0.4 is 5.32 Å². The molecule has 0 aliphatic carbocycles. The van der Waals surface area contributed by atoms with E-state index in [0.29, 0.717) is 16.7 Å². The molecule has 32 heavy (non-hydrogen) atoms. The van der Waals surface area contributed by atoms with Crippen LogP contribution in [0.1, 0.15) is 43.6 Å². The Morgan fingerprint density at radius 1 is 1.16 bits per heavy atom. The van der Waals surface area contributed by atoms with Crippen molar-refractivity contribution in [2.24, 2.45) is 0 Å². The highest BCUT2D eigenvalue weighted by Gasteiger charge is 2.30. The van der Waals surface area contributed by atoms with Gasteiger partial charge in [-0.2, -0.15) is 0 Å². The molecule has 0 spiro atoms. The molecule has 3 rings (SSSR count). The zero-order chi connectivity index (χ0) is 23.3. The Labute approximate surface area is 198 Å². The Morgan fingerprint density at radius 3 is 2.47 bits per heavy atom. The first-order valence-corrected chi connectivity index (χ1v) is 11.6. The Balaban J connectivity index is 1.47. The topological polar surface area (TPSA) is 74.8 Å². The van der Waals surface area contributed by atoms with Crippen LogP contribution in [-0.4, -0.2) is 64.5 Å². The first kappa shape index (κ1) is 24.2. The molecule has 1 aliphatic rings. The lowest BCUT2D eigenvalue weighted by molar-refractivity contribution is 0.000554. The molecule has 1 atom stereocenters. The van der Waals surface area contributed by atoms with Gasteiger partial charge >= 0.3 is 6.09 Å². The van der Waals surface area contributed by atoms with E-state index in [1.54, 1.807) is 18.3 Å². The Bertz CT molecular complexity index is 926. The summed E-state index contributed by atoms with van der Waals surface area (Å²) in [4.78, 5) is 32.9. The van der Waals surface area contributed by atoms with Crippen LogP contribution in [0, 0.1) is 0 Å². The number of carbonyl (C=O) groups is 2. The molecule has 1 aromatic carbocycles. The minimum absolute atomic E-state index is 0.00841. The molecule has 8 heteroatoms. The molecular formula is C24H31BrN4O3. The highest BCUT2D eigenvalue weighted by Crippen LogP contribution is 2.18. The number of piperazine rings is 1. The number of amides is 1. The molecule has 0 radical (unpaired) electrons. The SMILES string of the molecule is C[C@H]1CN(Cc2ccc(NCC(=O)c3ccc(Br)nc3)cc2)CCN1C(=O)OC(C)(C)C. The number of carbonyl (C=O) groups excluding carboxylic acids is 2. The van der Waals surface area contributed by atoms with Crippen molar-refractivity contribution in [2.75, 3.05) is 31.5 Å². The van der Waals surface area contributed by atoms with Gasteiger partial charge in [-0.05, 0) is 73.5 Å². The molecule has 1 aromatic heterocycles. The van der Waals surface area contributed by atoms with Crippen LogP contribution >= 0.6 is 15.9 Å². The predicted octanol–water partition coefficient (Wildman–Crippen LogP) is 4.58. The van der Waals surface area contributed by atoms with E-state index in [1.807, 2.05) is 37.8 Å². The van der Waals surface area contributed by atoms with Crippen LogP contribution in [-0.2, 0) is 11.3 Å². The van der Waals surface area contributed by atoms with Crippen molar-refractivity contribution in [1.82, 2.24) is 14.8 Å². The van der Waals surface area contributed by atoms with E-state index in [-0.39, 0.29) is 24.5 Å². The number of nitrogens with one attached hydrogen (secondary N) is 1. The smallest absolute Gasteiger partial charge is 0.410 e. The Kier molecular flexibility index (Phi) is 7.90. The third-order valence-electron chi connectivity index (χ3n) is 5.20. The average Bonchev–Trinajstić information content (AvgIpc) is 2.72. The van der Waals surface area contributed by atoms with Gasteiger partial charge < -0.3 is 15.0 Å². The number of ether oxygens (including phenoxy) is 1. The van der Waals surface area contributed by atoms with Gasteiger partial charge in [0.15, 0.2) is 5.78 Å². The lowest BCUT2D eigenvalue weighted by atomic mass is 10.1. The highest BCUT2D eigenvalue weighted by molar-refractivity contribution is 9.10. The summed E-state index contributed by atoms with van der Waals surface area (Å²) < 4.78 is 6.23. The standard InChI is InChI=1S/C24H31BrN4O3/c1-17-15-28(11-12-29(17)23(31)32-24(2,3)4)16-18-5-8-20(9-6-18)26-14-21(30)19-7-10-22(25)27-13-19/h5-10,13,17,26H,11-12,14-16H2,1-4H3/t17-/m0/s1. The maximum Gasteiger partial charge on any atom is 0.410 e. The van der Waals surface area contributed by atoms with Gasteiger partial charge in [0.1, 0.15) is 10.2 Å². The summed E-state index contributed by atoms with van der Waals surface area (Å²) in [5.74, 6) is -0.00841. The summed E-state index contributed by atoms with van der Waals surface area (Å²) in [6.45, 7) is 11.0. The number of hydrogen-bond acceptors (Lipinski definition) is 6. The minimum atomic E-state index is -0.483. The van der Waals surface area contributed by atoms with Crippen LogP contribution in [0.3, 0.4) is 0 Å². The maximum atomic E-state index is 12.4. The predicted molar refractivity (Wildman–Crippen MR) is 129 cm³/mol. The van der Waals surface area contributed by atoms with Gasteiger partial charge in [0.05, 0.1) is 6.54 Å². The van der Waals surface area contributed by atoms with Crippen LogP contribution in [0.2, 0.25) is 0 Å². The van der Waals surface area contributed by atoms with Crippen LogP contribution in [0.25, 0.3) is 0 Å². The van der Waals surface area contributed by atoms with Crippen molar-refractivity contribution in [1.29, 1.82) is 0 Å². The van der Waals surface area contributed by atoms with E-state index in [1.165, 1.54) is 5.56 Å². The van der Waals surface area contributed by atoms with Gasteiger partial charge in [0.2, 0.25) is 0 Å². The molecule has 0 bridgehead atoms. The number of nitrogens with zero attached hydrogens (tertiary/aromatic N) is 3. The van der Waals surface area contributed by atoms with Crippen LogP contribution in [0.4, 0.5) is 10.5 Å². The van der Waals surface area contributed by atoms with E-state index >= 15 is 0 Å². The van der Waals surface area contributed by atoms with Crippen molar-refractivity contribution >= 4 is 33.5 Å². The largest absolute Gasteiger partial charge is 0.444 e. The quantitative estimate of drug-likeness (QED) is 0.460. The Hall–Kier alpha value is -2.45. The molecular weight excluding hydrogens is 472 g/mol. The van der Waals surface area contributed by atoms with Crippen molar-refractivity contribution < 1.29 is 14.3 Å². The van der Waals surface area contributed by atoms with E-state index in [9.17, 15) is 9.59 Å². The van der Waals surface area contributed by atoms with Gasteiger partial charge in [-0.3, -0.25) is 9.69 Å². The Morgan fingerprint density at radius 2 is 1.88 bits per heavy atom. The summed E-state index contributed by atoms with van der Waals surface area (Å²) in [5, 5.41) is 3.17. The van der Waals surface area contributed by atoms with Crippen LogP contribution in [0.5, 0.6) is 0 Å². The summed E-state index contributed by atoms with van der Waals surface area (Å²) in [7, 11) is 0. The number of halogens is 1. The lowest BCUT2D eigenvalue weighted by Crippen LogP contribution is -2.54. The van der Waals surface area contributed by atoms with Gasteiger partial charge in [0, 0.05) is 49.7 Å². The lowest BCUT2D eigenvalue weighted by Gasteiger charge is -2.40. The van der Waals surface area contributed by atoms with Crippen molar-refractivity contribution in [2.45, 2.75) is 45.9 Å². The molecule has 0 unspecified atom stereocenters. The van der Waals surface area contributed by atoms with Crippen molar-refractivity contribution in [3.63, 3.8) is 0 Å². The fraction of sp³-hybridized carbons (Fsp3) is 0.458. The third kappa shape index (κ3) is 7.03. The summed E-state index contributed by atoms with van der Waals surface area (Å²) >= 11 is 3.27. The number of benzene rings is 1. The molecule has 1 fully saturated rings. The van der Waals surface area contributed by atoms with Crippen molar-refractivity contribution in [3.05, 3.63) is 58.3 Å². The molecule has 7 nitrogen and oxygen atoms in total. The number of anilines is 1. The number of hydrogen-bond donors (Lipinski definition) is 1. The van der Waals surface area contributed by atoms with E-state index < -0.39 is 5.60 Å². The zero-order valence-corrected chi connectivity index (χ0v) is 20.7. The van der Waals surface area contributed by atoms with Crippen molar-refractivity contribution in [3.8, 4) is 0 Å². The zero-order valence-electron chi connectivity index (χ0n) is 19.1. The maximum absolute atomic E-state index is 12.4. The number of ketones is 1. The summed E-state index contributed by atoms with van der Waals surface area (Å²) in [6, 6.07) is 11.7. The van der Waals surface area contributed by atoms with E-state index in [4.69, 9.17) is 4.74 Å². The first-order valence-electron chi connectivity index (χ1n) is 10.8. The van der Waals surface area contributed by atoms with Gasteiger partial charge in [0.25, 0.3) is 0 Å². The summed E-state index contributed by atoms with van der Waals surface area (Å²) in [5.41, 5.74) is 2.19. The van der Waals surface area contributed by atoms with Gasteiger partial charge in [-0.15, -0.1) is 0 Å². The van der Waals surface area contributed by atoms with E-state index in [0.717, 1.165) is 25.3 Å². The fourth-order valence-corrected chi connectivity index (χ4v) is 3.81. The second kappa shape index (κ2) is 10.4. The molecule has 0 saturated carbocycles. The number of pyridine rings is 1.